The van der Waals surface area contributed by atoms with Crippen LogP contribution in [0.1, 0.15) is 18.6 Å². The Kier molecular flexibility index (Phi) is 4.59. The number of rotatable bonds is 6. The van der Waals surface area contributed by atoms with E-state index in [1.54, 1.807) is 4.90 Å². The number of hydrogen-bond donors (Lipinski definition) is 2. The van der Waals surface area contributed by atoms with Gasteiger partial charge in [0.15, 0.2) is 0 Å². The zero-order valence-corrected chi connectivity index (χ0v) is 11.6. The van der Waals surface area contributed by atoms with E-state index in [-0.39, 0.29) is 18.3 Å². The van der Waals surface area contributed by atoms with E-state index in [0.29, 0.717) is 30.9 Å². The van der Waals surface area contributed by atoms with Gasteiger partial charge in [0.1, 0.15) is 12.4 Å². The molecule has 1 aliphatic rings. The van der Waals surface area contributed by atoms with Gasteiger partial charge < -0.3 is 20.1 Å². The molecule has 1 atom stereocenters. The van der Waals surface area contributed by atoms with Crippen molar-refractivity contribution in [3.05, 3.63) is 33.9 Å². The summed E-state index contributed by atoms with van der Waals surface area (Å²) >= 11 is 0. The van der Waals surface area contributed by atoms with Crippen LogP contribution < -0.4 is 10.1 Å². The first kappa shape index (κ1) is 15.0. The van der Waals surface area contributed by atoms with Crippen LogP contribution in [0.15, 0.2) is 18.2 Å². The number of nitrogens with zero attached hydrogens (tertiary/aromatic N) is 2. The van der Waals surface area contributed by atoms with Crippen molar-refractivity contribution in [2.75, 3.05) is 26.2 Å². The highest BCUT2D eigenvalue weighted by Crippen LogP contribution is 2.29. The van der Waals surface area contributed by atoms with Gasteiger partial charge in [0.25, 0.3) is 5.69 Å². The number of hydrogen-bond acceptors (Lipinski definition) is 5. The van der Waals surface area contributed by atoms with Crippen molar-refractivity contribution in [3.8, 4) is 5.75 Å². The largest absolute Gasteiger partial charge is 0.491 e. The molecule has 2 N–H and O–H groups in total. The lowest BCUT2D eigenvalue weighted by Gasteiger charge is -2.17. The highest BCUT2D eigenvalue weighted by molar-refractivity contribution is 5.76. The average Bonchev–Trinajstić information content (AvgIpc) is 2.84. The molecule has 8 heteroatoms. The van der Waals surface area contributed by atoms with Crippen molar-refractivity contribution in [3.63, 3.8) is 0 Å². The van der Waals surface area contributed by atoms with Crippen LogP contribution in [-0.4, -0.2) is 47.2 Å². The minimum absolute atomic E-state index is 0.0998. The predicted molar refractivity (Wildman–Crippen MR) is 74.2 cm³/mol. The molecule has 1 saturated heterocycles. The predicted octanol–water partition coefficient (Wildman–Crippen LogP) is 1.05. The molecule has 114 valence electrons. The number of carbonyl (C=O) groups excluding carboxylic acids is 1. The average molecular weight is 295 g/mol. The number of nitrogens with one attached hydrogen (secondary N) is 1. The van der Waals surface area contributed by atoms with E-state index >= 15 is 0 Å². The maximum Gasteiger partial charge on any atom is 0.317 e. The minimum atomic E-state index is -0.880. The van der Waals surface area contributed by atoms with E-state index in [9.17, 15) is 20.0 Å². The van der Waals surface area contributed by atoms with Crippen LogP contribution in [0, 0.1) is 10.1 Å². The summed E-state index contributed by atoms with van der Waals surface area (Å²) in [4.78, 5) is 23.2. The summed E-state index contributed by atoms with van der Waals surface area (Å²) in [5.74, 6) is 0.384. The molecule has 21 heavy (non-hydrogen) atoms. The molecule has 0 spiro atoms. The van der Waals surface area contributed by atoms with Crippen LogP contribution >= 0.6 is 0 Å². The lowest BCUT2D eigenvalue weighted by molar-refractivity contribution is -0.385. The highest BCUT2D eigenvalue weighted by Gasteiger charge is 2.20. The van der Waals surface area contributed by atoms with Crippen LogP contribution in [-0.2, 0) is 0 Å². The number of nitro benzene ring substituents is 1. The topological polar surface area (TPSA) is 105 Å². The first-order chi connectivity index (χ1) is 9.99. The summed E-state index contributed by atoms with van der Waals surface area (Å²) in [5, 5.41) is 23.1. The summed E-state index contributed by atoms with van der Waals surface area (Å²) < 4.78 is 5.54. The Morgan fingerprint density at radius 2 is 2.33 bits per heavy atom. The van der Waals surface area contributed by atoms with Gasteiger partial charge in [-0.2, -0.15) is 0 Å². The van der Waals surface area contributed by atoms with E-state index in [0.717, 1.165) is 0 Å². The third-order valence-electron chi connectivity index (χ3n) is 3.22. The summed E-state index contributed by atoms with van der Waals surface area (Å²) in [6, 6.07) is 3.95. The number of aliphatic hydroxyl groups excluding tert-OH is 1. The standard InChI is InChI=1S/C13H17N3O5/c1-9(17)11-8-10(16(19)20)2-3-12(11)21-7-6-15-5-4-14-13(15)18/h2-3,8-9,17H,4-7H2,1H3,(H,14,18)/t9-/m0/s1. The number of carbonyl (C=O) groups is 1. The molecule has 1 aromatic carbocycles. The molecule has 0 unspecified atom stereocenters. The van der Waals surface area contributed by atoms with Gasteiger partial charge in [0, 0.05) is 30.8 Å². The number of aliphatic hydroxyl groups is 1. The number of urea groups is 1. The first-order valence-corrected chi connectivity index (χ1v) is 6.61. The zero-order valence-electron chi connectivity index (χ0n) is 11.6. The fraction of sp³-hybridized carbons (Fsp3) is 0.462. The van der Waals surface area contributed by atoms with Crippen LogP contribution in [0.4, 0.5) is 10.5 Å². The molecule has 0 bridgehead atoms. The number of amides is 2. The highest BCUT2D eigenvalue weighted by atomic mass is 16.6. The summed E-state index contributed by atoms with van der Waals surface area (Å²) in [6.45, 7) is 3.44. The molecular formula is C13H17N3O5. The normalized spacial score (nSPS) is 15.7. The SMILES string of the molecule is C[C@H](O)c1cc([N+](=O)[O-])ccc1OCCN1CCNC1=O. The maximum atomic E-state index is 11.4. The zero-order chi connectivity index (χ0) is 15.4. The number of nitro groups is 1. The second kappa shape index (κ2) is 6.40. The lowest BCUT2D eigenvalue weighted by Crippen LogP contribution is -2.31. The molecule has 2 rings (SSSR count). The molecule has 1 aromatic rings. The maximum absolute atomic E-state index is 11.4. The molecule has 0 radical (unpaired) electrons. The second-order valence-electron chi connectivity index (χ2n) is 4.72. The van der Waals surface area contributed by atoms with E-state index in [1.165, 1.54) is 25.1 Å². The van der Waals surface area contributed by atoms with E-state index in [1.807, 2.05) is 0 Å². The fourth-order valence-corrected chi connectivity index (χ4v) is 2.10. The smallest absolute Gasteiger partial charge is 0.317 e. The van der Waals surface area contributed by atoms with Crippen molar-refractivity contribution in [1.82, 2.24) is 10.2 Å². The van der Waals surface area contributed by atoms with Gasteiger partial charge in [-0.25, -0.2) is 4.79 Å². The summed E-state index contributed by atoms with van der Waals surface area (Å²) in [6.07, 6.45) is -0.880. The third-order valence-corrected chi connectivity index (χ3v) is 3.22. The fourth-order valence-electron chi connectivity index (χ4n) is 2.10. The number of benzene rings is 1. The van der Waals surface area contributed by atoms with Crippen LogP contribution in [0.5, 0.6) is 5.75 Å². The van der Waals surface area contributed by atoms with Crippen molar-refractivity contribution in [1.29, 1.82) is 0 Å². The summed E-state index contributed by atoms with van der Waals surface area (Å²) in [5.41, 5.74) is 0.257. The van der Waals surface area contributed by atoms with Gasteiger partial charge in [0.2, 0.25) is 0 Å². The van der Waals surface area contributed by atoms with E-state index < -0.39 is 11.0 Å². The van der Waals surface area contributed by atoms with Gasteiger partial charge in [0.05, 0.1) is 17.6 Å². The molecular weight excluding hydrogens is 278 g/mol. The van der Waals surface area contributed by atoms with Crippen molar-refractivity contribution in [2.45, 2.75) is 13.0 Å². The molecule has 0 saturated carbocycles. The van der Waals surface area contributed by atoms with Gasteiger partial charge in [-0.3, -0.25) is 10.1 Å². The third kappa shape index (κ3) is 3.60. The van der Waals surface area contributed by atoms with Crippen LogP contribution in [0.2, 0.25) is 0 Å². The Balaban J connectivity index is 2.01. The van der Waals surface area contributed by atoms with E-state index in [4.69, 9.17) is 4.74 Å². The lowest BCUT2D eigenvalue weighted by atomic mass is 10.1. The Morgan fingerprint density at radius 1 is 1.57 bits per heavy atom. The Morgan fingerprint density at radius 3 is 2.90 bits per heavy atom. The Hall–Kier alpha value is -2.35. The number of ether oxygens (including phenoxy) is 1. The van der Waals surface area contributed by atoms with Gasteiger partial charge in [-0.05, 0) is 13.0 Å². The van der Waals surface area contributed by atoms with Crippen LogP contribution in [0.25, 0.3) is 0 Å². The monoisotopic (exact) mass is 295 g/mol. The molecule has 2 amide bonds. The van der Waals surface area contributed by atoms with Crippen LogP contribution in [0.3, 0.4) is 0 Å². The minimum Gasteiger partial charge on any atom is -0.491 e. The van der Waals surface area contributed by atoms with Crippen molar-refractivity contribution >= 4 is 11.7 Å². The second-order valence-corrected chi connectivity index (χ2v) is 4.72. The molecule has 1 heterocycles. The molecule has 0 aliphatic carbocycles. The molecule has 8 nitrogen and oxygen atoms in total. The molecule has 1 fully saturated rings. The van der Waals surface area contributed by atoms with Crippen molar-refractivity contribution < 1.29 is 19.6 Å². The molecule has 1 aliphatic heterocycles. The van der Waals surface area contributed by atoms with Gasteiger partial charge >= 0.3 is 6.03 Å². The van der Waals surface area contributed by atoms with Gasteiger partial charge in [-0.1, -0.05) is 0 Å². The quantitative estimate of drug-likeness (QED) is 0.603. The Labute approximate surface area is 121 Å². The first-order valence-electron chi connectivity index (χ1n) is 6.61. The summed E-state index contributed by atoms with van der Waals surface area (Å²) in [7, 11) is 0. The molecule has 0 aromatic heterocycles. The van der Waals surface area contributed by atoms with Gasteiger partial charge in [-0.15, -0.1) is 0 Å². The van der Waals surface area contributed by atoms with E-state index in [2.05, 4.69) is 5.32 Å². The Bertz CT molecular complexity index is 547. The van der Waals surface area contributed by atoms with Crippen molar-refractivity contribution in [2.24, 2.45) is 0 Å². The number of non-ortho nitro benzene ring substituents is 1.